The highest BCUT2D eigenvalue weighted by molar-refractivity contribution is 5.66. The fourth-order valence-electron chi connectivity index (χ4n) is 2.60. The molecule has 0 aromatic heterocycles. The lowest BCUT2D eigenvalue weighted by molar-refractivity contribution is -0.221. The molecule has 0 saturated carbocycles. The Balaban J connectivity index is 2.19. The van der Waals surface area contributed by atoms with Crippen molar-refractivity contribution >= 4 is 11.9 Å². The van der Waals surface area contributed by atoms with Crippen LogP contribution in [0.25, 0.3) is 10.4 Å². The summed E-state index contributed by atoms with van der Waals surface area (Å²) in [5.74, 6) is -1.95. The zero-order valence-corrected chi connectivity index (χ0v) is 13.3. The summed E-state index contributed by atoms with van der Waals surface area (Å²) >= 11 is 0. The molecule has 0 aliphatic carbocycles. The molecule has 0 unspecified atom stereocenters. The van der Waals surface area contributed by atoms with Gasteiger partial charge in [0.1, 0.15) is 18.8 Å². The molecule has 0 radical (unpaired) electrons. The standard InChI is InChI=1S/C13H19N3O7/c1-6(17)19-5-8(15-16-14)9-10(20-7(2)18)11-12(21-9)23-13(3,4)22-11/h8-12H,5H2,1-4H3/t8-,9-,10-,11+,12+/m0/s1. The van der Waals surface area contributed by atoms with E-state index in [1.807, 2.05) is 0 Å². The maximum Gasteiger partial charge on any atom is 0.303 e. The third-order valence-corrected chi connectivity index (χ3v) is 3.37. The van der Waals surface area contributed by atoms with E-state index < -0.39 is 48.4 Å². The number of ether oxygens (including phenoxy) is 5. The zero-order valence-electron chi connectivity index (χ0n) is 13.3. The molecule has 0 aromatic carbocycles. The molecule has 2 aliphatic heterocycles. The summed E-state index contributed by atoms with van der Waals surface area (Å²) in [7, 11) is 0. The number of nitrogens with zero attached hydrogens (tertiary/aromatic N) is 3. The first-order valence-electron chi connectivity index (χ1n) is 7.09. The molecular weight excluding hydrogens is 310 g/mol. The molecule has 2 heterocycles. The Morgan fingerprint density at radius 1 is 1.30 bits per heavy atom. The van der Waals surface area contributed by atoms with Gasteiger partial charge in [0, 0.05) is 18.8 Å². The van der Waals surface area contributed by atoms with E-state index in [1.54, 1.807) is 13.8 Å². The summed E-state index contributed by atoms with van der Waals surface area (Å²) in [4.78, 5) is 25.1. The monoisotopic (exact) mass is 329 g/mol. The number of rotatable bonds is 5. The number of esters is 2. The minimum Gasteiger partial charge on any atom is -0.465 e. The summed E-state index contributed by atoms with van der Waals surface area (Å²) in [6, 6.07) is -0.880. The van der Waals surface area contributed by atoms with Gasteiger partial charge in [0.25, 0.3) is 0 Å². The van der Waals surface area contributed by atoms with Crippen LogP contribution in [0.1, 0.15) is 27.7 Å². The lowest BCUT2D eigenvalue weighted by Crippen LogP contribution is -2.44. The third-order valence-electron chi connectivity index (χ3n) is 3.37. The lowest BCUT2D eigenvalue weighted by atomic mass is 10.0. The van der Waals surface area contributed by atoms with Crippen LogP contribution in [0.4, 0.5) is 0 Å². The van der Waals surface area contributed by atoms with E-state index in [4.69, 9.17) is 29.2 Å². The predicted octanol–water partition coefficient (Wildman–Crippen LogP) is 1.04. The molecule has 2 aliphatic rings. The number of azide groups is 1. The highest BCUT2D eigenvalue weighted by Crippen LogP contribution is 2.40. The Morgan fingerprint density at radius 2 is 2.00 bits per heavy atom. The van der Waals surface area contributed by atoms with Crippen molar-refractivity contribution in [2.45, 2.75) is 64.1 Å². The minimum absolute atomic E-state index is 0.204. The van der Waals surface area contributed by atoms with Crippen molar-refractivity contribution in [1.29, 1.82) is 0 Å². The van der Waals surface area contributed by atoms with E-state index in [9.17, 15) is 9.59 Å². The van der Waals surface area contributed by atoms with Crippen molar-refractivity contribution in [2.24, 2.45) is 5.11 Å². The minimum atomic E-state index is -0.886. The van der Waals surface area contributed by atoms with Crippen molar-refractivity contribution in [1.82, 2.24) is 0 Å². The second-order valence-corrected chi connectivity index (χ2v) is 5.72. The molecule has 0 amide bonds. The molecule has 0 N–H and O–H groups in total. The fraction of sp³-hybridized carbons (Fsp3) is 0.846. The Hall–Kier alpha value is -1.87. The topological polar surface area (TPSA) is 129 Å². The van der Waals surface area contributed by atoms with Crippen LogP contribution in [0.5, 0.6) is 0 Å². The molecule has 2 rings (SSSR count). The van der Waals surface area contributed by atoms with Gasteiger partial charge < -0.3 is 23.7 Å². The molecule has 2 saturated heterocycles. The van der Waals surface area contributed by atoms with Crippen LogP contribution in [0.15, 0.2) is 5.11 Å². The molecule has 2 fully saturated rings. The predicted molar refractivity (Wildman–Crippen MR) is 73.8 cm³/mol. The van der Waals surface area contributed by atoms with E-state index in [2.05, 4.69) is 10.0 Å². The van der Waals surface area contributed by atoms with Gasteiger partial charge in [-0.2, -0.15) is 0 Å². The van der Waals surface area contributed by atoms with Crippen LogP contribution < -0.4 is 0 Å². The number of fused-ring (bicyclic) bond motifs is 1. The van der Waals surface area contributed by atoms with Crippen LogP contribution >= 0.6 is 0 Å². The Morgan fingerprint density at radius 3 is 2.57 bits per heavy atom. The summed E-state index contributed by atoms with van der Waals surface area (Å²) in [5, 5.41) is 3.58. The van der Waals surface area contributed by atoms with Crippen molar-refractivity contribution in [3.05, 3.63) is 10.4 Å². The molecular formula is C13H19N3O7. The number of hydrogen-bond acceptors (Lipinski definition) is 8. The fourth-order valence-corrected chi connectivity index (χ4v) is 2.60. The largest absolute Gasteiger partial charge is 0.465 e. The van der Waals surface area contributed by atoms with Gasteiger partial charge in [-0.1, -0.05) is 5.11 Å². The molecule has 0 bridgehead atoms. The maximum atomic E-state index is 11.4. The summed E-state index contributed by atoms with van der Waals surface area (Å²) < 4.78 is 27.1. The van der Waals surface area contributed by atoms with Gasteiger partial charge in [0.15, 0.2) is 24.3 Å². The molecule has 128 valence electrons. The van der Waals surface area contributed by atoms with Gasteiger partial charge in [-0.3, -0.25) is 9.59 Å². The van der Waals surface area contributed by atoms with Crippen molar-refractivity contribution in [3.63, 3.8) is 0 Å². The van der Waals surface area contributed by atoms with Gasteiger partial charge in [0.2, 0.25) is 0 Å². The van der Waals surface area contributed by atoms with E-state index in [-0.39, 0.29) is 6.61 Å². The smallest absolute Gasteiger partial charge is 0.303 e. The van der Waals surface area contributed by atoms with Crippen LogP contribution in [0, 0.1) is 0 Å². The van der Waals surface area contributed by atoms with Crippen LogP contribution in [0.3, 0.4) is 0 Å². The third kappa shape index (κ3) is 4.11. The number of hydrogen-bond donors (Lipinski definition) is 0. The van der Waals surface area contributed by atoms with E-state index in [0.717, 1.165) is 0 Å². The molecule has 0 spiro atoms. The molecule has 23 heavy (non-hydrogen) atoms. The maximum absolute atomic E-state index is 11.4. The van der Waals surface area contributed by atoms with Gasteiger partial charge in [-0.05, 0) is 19.4 Å². The Labute approximate surface area is 132 Å². The first-order chi connectivity index (χ1) is 10.7. The van der Waals surface area contributed by atoms with Gasteiger partial charge in [-0.25, -0.2) is 0 Å². The first-order valence-corrected chi connectivity index (χ1v) is 7.09. The Bertz CT molecular complexity index is 532. The van der Waals surface area contributed by atoms with E-state index >= 15 is 0 Å². The number of carbonyl (C=O) groups excluding carboxylic acids is 2. The van der Waals surface area contributed by atoms with Crippen LogP contribution in [0.2, 0.25) is 0 Å². The summed E-state index contributed by atoms with van der Waals surface area (Å²) in [6.07, 6.45) is -3.12. The summed E-state index contributed by atoms with van der Waals surface area (Å²) in [6.45, 7) is 5.69. The first kappa shape index (κ1) is 17.5. The average Bonchev–Trinajstić information content (AvgIpc) is 2.87. The van der Waals surface area contributed by atoms with E-state index in [1.165, 1.54) is 13.8 Å². The highest BCUT2D eigenvalue weighted by atomic mass is 16.8. The van der Waals surface area contributed by atoms with Crippen molar-refractivity contribution < 1.29 is 33.3 Å². The van der Waals surface area contributed by atoms with Gasteiger partial charge in [-0.15, -0.1) is 0 Å². The second kappa shape index (κ2) is 6.71. The quantitative estimate of drug-likeness (QED) is 0.319. The van der Waals surface area contributed by atoms with Crippen molar-refractivity contribution in [3.8, 4) is 0 Å². The SMILES string of the molecule is CC(=O)OC[C@H](N=[N+]=[N-])[C@@H]1O[C@@H]2OC(C)(C)O[C@@H]2[C@H]1OC(C)=O. The normalized spacial score (nSPS) is 32.5. The van der Waals surface area contributed by atoms with E-state index in [0.29, 0.717) is 0 Å². The van der Waals surface area contributed by atoms with Crippen molar-refractivity contribution in [2.75, 3.05) is 6.61 Å². The van der Waals surface area contributed by atoms with Gasteiger partial charge in [0.05, 0.1) is 0 Å². The molecule has 0 aromatic rings. The zero-order chi connectivity index (χ0) is 17.2. The molecule has 10 nitrogen and oxygen atoms in total. The second-order valence-electron chi connectivity index (χ2n) is 5.72. The Kier molecular flexibility index (Phi) is 5.10. The average molecular weight is 329 g/mol. The summed E-state index contributed by atoms with van der Waals surface area (Å²) in [5.41, 5.74) is 8.71. The highest BCUT2D eigenvalue weighted by Gasteiger charge is 2.58. The molecule has 5 atom stereocenters. The molecule has 10 heteroatoms. The van der Waals surface area contributed by atoms with Crippen LogP contribution in [-0.4, -0.2) is 55.0 Å². The van der Waals surface area contributed by atoms with Gasteiger partial charge >= 0.3 is 11.9 Å². The van der Waals surface area contributed by atoms with Crippen LogP contribution in [-0.2, 0) is 33.3 Å². The lowest BCUT2D eigenvalue weighted by Gasteiger charge is -2.28. The number of carbonyl (C=O) groups is 2.